The van der Waals surface area contributed by atoms with Gasteiger partial charge in [-0.25, -0.2) is 0 Å². The molecule has 7 nitrogen and oxygen atoms in total. The second kappa shape index (κ2) is 5.14. The Kier molecular flexibility index (Phi) is 3.12. The van der Waals surface area contributed by atoms with Crippen LogP contribution in [-0.4, -0.2) is 38.8 Å². The molecule has 7 heteroatoms. The molecule has 4 rings (SSSR count). The molecular formula is C15H18N6O. The van der Waals surface area contributed by atoms with Crippen molar-refractivity contribution in [3.05, 3.63) is 23.0 Å². The van der Waals surface area contributed by atoms with E-state index in [4.69, 9.17) is 9.84 Å². The van der Waals surface area contributed by atoms with Crippen LogP contribution in [0, 0.1) is 18.3 Å². The Labute approximate surface area is 128 Å². The van der Waals surface area contributed by atoms with Gasteiger partial charge < -0.3 is 10.1 Å². The van der Waals surface area contributed by atoms with E-state index in [1.54, 1.807) is 10.9 Å². The summed E-state index contributed by atoms with van der Waals surface area (Å²) < 4.78 is 9.05. The zero-order valence-corrected chi connectivity index (χ0v) is 12.5. The third-order valence-corrected chi connectivity index (χ3v) is 4.32. The van der Waals surface area contributed by atoms with Crippen LogP contribution < -0.4 is 5.32 Å². The van der Waals surface area contributed by atoms with Crippen LogP contribution in [-0.2, 0) is 17.7 Å². The standard InChI is InChI=1S/C15H18N6O/c1-10-13-4-2-3-5-20(13)19-14(10)21-15(11(6-16)7-18-21)17-8-12-9-22-12/h7,12,17H,2-5,8-9H2,1H3. The summed E-state index contributed by atoms with van der Waals surface area (Å²) in [6.07, 6.45) is 5.27. The van der Waals surface area contributed by atoms with Crippen molar-refractivity contribution in [2.24, 2.45) is 0 Å². The van der Waals surface area contributed by atoms with Crippen LogP contribution in [0.4, 0.5) is 5.82 Å². The summed E-state index contributed by atoms with van der Waals surface area (Å²) >= 11 is 0. The van der Waals surface area contributed by atoms with E-state index < -0.39 is 0 Å². The van der Waals surface area contributed by atoms with Crippen molar-refractivity contribution in [3.8, 4) is 11.9 Å². The second-order valence-electron chi connectivity index (χ2n) is 5.84. The second-order valence-corrected chi connectivity index (χ2v) is 5.84. The number of fused-ring (bicyclic) bond motifs is 1. The van der Waals surface area contributed by atoms with Gasteiger partial charge in [0, 0.05) is 24.3 Å². The highest BCUT2D eigenvalue weighted by Crippen LogP contribution is 2.27. The highest BCUT2D eigenvalue weighted by Gasteiger charge is 2.25. The Balaban J connectivity index is 1.74. The first kappa shape index (κ1) is 13.3. The molecule has 114 valence electrons. The van der Waals surface area contributed by atoms with Gasteiger partial charge in [0.25, 0.3) is 0 Å². The molecular weight excluding hydrogens is 280 g/mol. The summed E-state index contributed by atoms with van der Waals surface area (Å²) in [6.45, 7) is 4.51. The molecule has 0 spiro atoms. The van der Waals surface area contributed by atoms with Gasteiger partial charge in [-0.2, -0.15) is 20.1 Å². The molecule has 0 aromatic carbocycles. The monoisotopic (exact) mass is 298 g/mol. The molecule has 0 amide bonds. The Morgan fingerprint density at radius 2 is 2.36 bits per heavy atom. The third-order valence-electron chi connectivity index (χ3n) is 4.32. The highest BCUT2D eigenvalue weighted by atomic mass is 16.6. The largest absolute Gasteiger partial charge is 0.371 e. The number of ether oxygens (including phenoxy) is 1. The van der Waals surface area contributed by atoms with Crippen molar-refractivity contribution in [1.29, 1.82) is 5.26 Å². The number of epoxide rings is 1. The summed E-state index contributed by atoms with van der Waals surface area (Å²) in [6, 6.07) is 2.19. The SMILES string of the molecule is Cc1c(-n2ncc(C#N)c2NCC2CO2)nn2c1CCCC2. The molecule has 1 saturated heterocycles. The average molecular weight is 298 g/mol. The summed E-state index contributed by atoms with van der Waals surface area (Å²) in [5, 5.41) is 21.7. The van der Waals surface area contributed by atoms with E-state index >= 15 is 0 Å². The smallest absolute Gasteiger partial charge is 0.180 e. The molecule has 1 unspecified atom stereocenters. The minimum Gasteiger partial charge on any atom is -0.371 e. The van der Waals surface area contributed by atoms with Crippen molar-refractivity contribution < 1.29 is 4.74 Å². The highest BCUT2D eigenvalue weighted by molar-refractivity contribution is 5.56. The van der Waals surface area contributed by atoms with Crippen molar-refractivity contribution in [3.63, 3.8) is 0 Å². The molecule has 2 aromatic rings. The van der Waals surface area contributed by atoms with E-state index in [-0.39, 0.29) is 6.10 Å². The van der Waals surface area contributed by atoms with E-state index in [0.29, 0.717) is 17.9 Å². The molecule has 0 saturated carbocycles. The van der Waals surface area contributed by atoms with E-state index in [9.17, 15) is 5.26 Å². The summed E-state index contributed by atoms with van der Waals surface area (Å²) in [5.41, 5.74) is 2.97. The molecule has 1 fully saturated rings. The predicted octanol–water partition coefficient (Wildman–Crippen LogP) is 1.40. The Morgan fingerprint density at radius 1 is 1.50 bits per heavy atom. The molecule has 2 aromatic heterocycles. The number of hydrogen-bond acceptors (Lipinski definition) is 5. The molecule has 22 heavy (non-hydrogen) atoms. The van der Waals surface area contributed by atoms with Crippen LogP contribution in [0.15, 0.2) is 6.20 Å². The average Bonchev–Trinajstić information content (AvgIpc) is 3.20. The first-order valence-corrected chi connectivity index (χ1v) is 7.68. The molecule has 2 aliphatic rings. The maximum Gasteiger partial charge on any atom is 0.180 e. The quantitative estimate of drug-likeness (QED) is 0.862. The first-order valence-electron chi connectivity index (χ1n) is 7.68. The zero-order valence-electron chi connectivity index (χ0n) is 12.5. The van der Waals surface area contributed by atoms with Gasteiger partial charge in [0.15, 0.2) is 5.82 Å². The fraction of sp³-hybridized carbons (Fsp3) is 0.533. The number of nitrogens with one attached hydrogen (secondary N) is 1. The molecule has 1 N–H and O–H groups in total. The molecule has 2 aliphatic heterocycles. The van der Waals surface area contributed by atoms with Crippen LogP contribution >= 0.6 is 0 Å². The molecule has 4 heterocycles. The summed E-state index contributed by atoms with van der Waals surface area (Å²) in [4.78, 5) is 0. The van der Waals surface area contributed by atoms with Crippen molar-refractivity contribution in [1.82, 2.24) is 19.6 Å². The number of nitrogens with zero attached hydrogens (tertiary/aromatic N) is 5. The van der Waals surface area contributed by atoms with E-state index in [2.05, 4.69) is 28.1 Å². The van der Waals surface area contributed by atoms with E-state index in [0.717, 1.165) is 31.0 Å². The van der Waals surface area contributed by atoms with E-state index in [1.165, 1.54) is 18.5 Å². The maximum atomic E-state index is 9.29. The lowest BCUT2D eigenvalue weighted by atomic mass is 10.1. The van der Waals surface area contributed by atoms with Gasteiger partial charge in [-0.15, -0.1) is 0 Å². The van der Waals surface area contributed by atoms with Crippen LogP contribution in [0.1, 0.15) is 29.7 Å². The lowest BCUT2D eigenvalue weighted by Gasteiger charge is -2.12. The Hall–Kier alpha value is -2.33. The fourth-order valence-corrected chi connectivity index (χ4v) is 2.99. The number of nitriles is 1. The van der Waals surface area contributed by atoms with Crippen LogP contribution in [0.2, 0.25) is 0 Å². The number of rotatable bonds is 4. The van der Waals surface area contributed by atoms with Crippen LogP contribution in [0.3, 0.4) is 0 Å². The number of anilines is 1. The number of hydrogen-bond donors (Lipinski definition) is 1. The van der Waals surface area contributed by atoms with Gasteiger partial charge >= 0.3 is 0 Å². The molecule has 1 atom stereocenters. The minimum atomic E-state index is 0.242. The Bertz CT molecular complexity index is 749. The topological polar surface area (TPSA) is 84.0 Å². The molecule has 0 aliphatic carbocycles. The van der Waals surface area contributed by atoms with E-state index in [1.807, 2.05) is 0 Å². The van der Waals surface area contributed by atoms with Gasteiger partial charge in [0.1, 0.15) is 17.5 Å². The van der Waals surface area contributed by atoms with Crippen molar-refractivity contribution >= 4 is 5.82 Å². The summed E-state index contributed by atoms with van der Waals surface area (Å²) in [5.74, 6) is 1.52. The van der Waals surface area contributed by atoms with Crippen LogP contribution in [0.25, 0.3) is 5.82 Å². The number of aryl methyl sites for hydroxylation is 1. The zero-order chi connectivity index (χ0) is 15.1. The van der Waals surface area contributed by atoms with Crippen molar-refractivity contribution in [2.75, 3.05) is 18.5 Å². The third kappa shape index (κ3) is 2.16. The minimum absolute atomic E-state index is 0.242. The summed E-state index contributed by atoms with van der Waals surface area (Å²) in [7, 11) is 0. The lowest BCUT2D eigenvalue weighted by molar-refractivity contribution is 0.416. The predicted molar refractivity (Wildman–Crippen MR) is 80.0 cm³/mol. The normalized spacial score (nSPS) is 19.5. The van der Waals surface area contributed by atoms with Gasteiger partial charge in [-0.05, 0) is 26.2 Å². The number of aromatic nitrogens is 4. The maximum absolute atomic E-state index is 9.29. The Morgan fingerprint density at radius 3 is 3.09 bits per heavy atom. The van der Waals surface area contributed by atoms with Crippen molar-refractivity contribution in [2.45, 2.75) is 38.8 Å². The van der Waals surface area contributed by atoms with Gasteiger partial charge in [-0.3, -0.25) is 4.68 Å². The first-order chi connectivity index (χ1) is 10.8. The van der Waals surface area contributed by atoms with Gasteiger partial charge in [-0.1, -0.05) is 0 Å². The fourth-order valence-electron chi connectivity index (χ4n) is 2.99. The lowest BCUT2D eigenvalue weighted by Crippen LogP contribution is -2.14. The van der Waals surface area contributed by atoms with Gasteiger partial charge in [0.2, 0.25) is 0 Å². The van der Waals surface area contributed by atoms with Crippen LogP contribution in [0.5, 0.6) is 0 Å². The molecule has 0 radical (unpaired) electrons. The van der Waals surface area contributed by atoms with Gasteiger partial charge in [0.05, 0.1) is 18.9 Å². The molecule has 0 bridgehead atoms.